The van der Waals surface area contributed by atoms with Gasteiger partial charge < -0.3 is 10.6 Å². The minimum absolute atomic E-state index is 0.150. The quantitative estimate of drug-likeness (QED) is 0.273. The number of hydrogen-bond acceptors (Lipinski definition) is 3. The van der Waals surface area contributed by atoms with Gasteiger partial charge in [-0.3, -0.25) is 19.8 Å². The zero-order valence-corrected chi connectivity index (χ0v) is 21.5. The molecule has 0 aliphatic heterocycles. The summed E-state index contributed by atoms with van der Waals surface area (Å²) in [5, 5.41) is 6.71. The Labute approximate surface area is 215 Å². The van der Waals surface area contributed by atoms with Crippen molar-refractivity contribution in [2.24, 2.45) is 0 Å². The van der Waals surface area contributed by atoms with Gasteiger partial charge in [-0.15, -0.1) is 0 Å². The third kappa shape index (κ3) is 5.39. The van der Waals surface area contributed by atoms with Crippen LogP contribution in [0.25, 0.3) is 10.9 Å². The van der Waals surface area contributed by atoms with Gasteiger partial charge in [-0.2, -0.15) is 0 Å². The molecule has 3 aromatic carbocycles. The Morgan fingerprint density at radius 1 is 0.829 bits per heavy atom. The number of amides is 3. The predicted molar refractivity (Wildman–Crippen MR) is 143 cm³/mol. The molecule has 1 heterocycles. The molecule has 35 heavy (non-hydrogen) atoms. The zero-order valence-electron chi connectivity index (χ0n) is 19.2. The number of rotatable bonds is 4. The average Bonchev–Trinajstić information content (AvgIpc) is 3.14. The first kappa shape index (κ1) is 24.5. The van der Waals surface area contributed by atoms with Crippen molar-refractivity contribution in [2.75, 3.05) is 16.1 Å². The van der Waals surface area contributed by atoms with E-state index < -0.39 is 17.7 Å². The molecule has 0 aliphatic carbocycles. The molecule has 3 amide bonds. The number of nitrogens with zero attached hydrogens (tertiary/aromatic N) is 1. The van der Waals surface area contributed by atoms with E-state index in [4.69, 9.17) is 11.6 Å². The molecule has 3 N–H and O–H groups in total. The van der Waals surface area contributed by atoms with Gasteiger partial charge >= 0.3 is 11.8 Å². The number of nitrogens with one attached hydrogen (secondary N) is 3. The van der Waals surface area contributed by atoms with Gasteiger partial charge in [0.2, 0.25) is 0 Å². The molecule has 0 saturated carbocycles. The average molecular weight is 554 g/mol. The first-order valence-electron chi connectivity index (χ1n) is 10.7. The second kappa shape index (κ2) is 9.93. The number of anilines is 2. The lowest BCUT2D eigenvalue weighted by Crippen LogP contribution is -2.36. The van der Waals surface area contributed by atoms with E-state index in [1.165, 1.54) is 4.68 Å². The lowest BCUT2D eigenvalue weighted by Gasteiger charge is -2.15. The molecule has 1 aromatic heterocycles. The van der Waals surface area contributed by atoms with E-state index >= 15 is 0 Å². The fourth-order valence-corrected chi connectivity index (χ4v) is 4.41. The maximum absolute atomic E-state index is 13.1. The highest BCUT2D eigenvalue weighted by atomic mass is 79.9. The molecular formula is C26H22BrClN4O3. The van der Waals surface area contributed by atoms with Crippen LogP contribution < -0.4 is 16.1 Å². The highest BCUT2D eigenvalue weighted by molar-refractivity contribution is 9.10. The normalized spacial score (nSPS) is 10.8. The van der Waals surface area contributed by atoms with E-state index in [9.17, 15) is 14.4 Å². The summed E-state index contributed by atoms with van der Waals surface area (Å²) in [5.41, 5.74) is 7.15. The van der Waals surface area contributed by atoms with Gasteiger partial charge in [-0.25, -0.2) is 4.68 Å². The van der Waals surface area contributed by atoms with Gasteiger partial charge in [-0.1, -0.05) is 45.2 Å². The van der Waals surface area contributed by atoms with Crippen molar-refractivity contribution in [1.29, 1.82) is 0 Å². The number of aromatic nitrogens is 1. The highest BCUT2D eigenvalue weighted by Crippen LogP contribution is 2.25. The predicted octanol–water partition coefficient (Wildman–Crippen LogP) is 5.94. The monoisotopic (exact) mass is 552 g/mol. The Morgan fingerprint density at radius 2 is 1.49 bits per heavy atom. The minimum atomic E-state index is -0.912. The SMILES string of the molecule is Cc1cc(C)c(NC(=O)C(=O)Nn2c(C(=O)Nc3ccc(Cl)cc3)cc3cc(Br)ccc32)c(C)c1. The van der Waals surface area contributed by atoms with Gasteiger partial charge in [0.25, 0.3) is 5.91 Å². The van der Waals surface area contributed by atoms with Gasteiger partial charge in [0.15, 0.2) is 0 Å². The maximum atomic E-state index is 13.1. The number of aryl methyl sites for hydroxylation is 3. The Morgan fingerprint density at radius 3 is 2.14 bits per heavy atom. The van der Waals surface area contributed by atoms with E-state index in [-0.39, 0.29) is 5.69 Å². The van der Waals surface area contributed by atoms with Crippen LogP contribution in [-0.2, 0) is 9.59 Å². The molecule has 0 spiro atoms. The number of carbonyl (C=O) groups is 3. The van der Waals surface area contributed by atoms with Gasteiger partial charge in [-0.05, 0) is 80.4 Å². The molecule has 0 fully saturated rings. The Balaban J connectivity index is 1.63. The van der Waals surface area contributed by atoms with E-state index in [2.05, 4.69) is 32.0 Å². The minimum Gasteiger partial charge on any atom is -0.321 e. The molecule has 0 bridgehead atoms. The second-order valence-corrected chi connectivity index (χ2v) is 9.55. The van der Waals surface area contributed by atoms with Crippen LogP contribution in [0.4, 0.5) is 11.4 Å². The molecular weight excluding hydrogens is 532 g/mol. The van der Waals surface area contributed by atoms with Crippen molar-refractivity contribution in [3.8, 4) is 0 Å². The summed E-state index contributed by atoms with van der Waals surface area (Å²) < 4.78 is 2.12. The van der Waals surface area contributed by atoms with E-state index in [1.807, 2.05) is 39.0 Å². The second-order valence-electron chi connectivity index (χ2n) is 8.20. The first-order valence-corrected chi connectivity index (χ1v) is 11.9. The van der Waals surface area contributed by atoms with Crippen LogP contribution in [0.2, 0.25) is 5.02 Å². The first-order chi connectivity index (χ1) is 16.6. The van der Waals surface area contributed by atoms with E-state index in [0.29, 0.717) is 27.3 Å². The lowest BCUT2D eigenvalue weighted by atomic mass is 10.1. The zero-order chi connectivity index (χ0) is 25.3. The van der Waals surface area contributed by atoms with Crippen molar-refractivity contribution in [3.05, 3.63) is 92.5 Å². The van der Waals surface area contributed by atoms with Crippen LogP contribution in [0, 0.1) is 20.8 Å². The lowest BCUT2D eigenvalue weighted by molar-refractivity contribution is -0.133. The van der Waals surface area contributed by atoms with Crippen molar-refractivity contribution in [1.82, 2.24) is 4.68 Å². The van der Waals surface area contributed by atoms with Gasteiger partial charge in [0, 0.05) is 26.3 Å². The third-order valence-electron chi connectivity index (χ3n) is 5.43. The Hall–Kier alpha value is -3.62. The van der Waals surface area contributed by atoms with Crippen molar-refractivity contribution in [2.45, 2.75) is 20.8 Å². The molecule has 0 atom stereocenters. The number of carbonyl (C=O) groups excluding carboxylic acids is 3. The largest absolute Gasteiger partial charge is 0.328 e. The fraction of sp³-hybridized carbons (Fsp3) is 0.115. The molecule has 9 heteroatoms. The fourth-order valence-electron chi connectivity index (χ4n) is 3.90. The van der Waals surface area contributed by atoms with E-state index in [1.54, 1.807) is 42.5 Å². The van der Waals surface area contributed by atoms with Crippen LogP contribution in [0.1, 0.15) is 27.2 Å². The van der Waals surface area contributed by atoms with Crippen LogP contribution in [0.3, 0.4) is 0 Å². The van der Waals surface area contributed by atoms with Crippen molar-refractivity contribution >= 4 is 67.5 Å². The molecule has 4 rings (SSSR count). The van der Waals surface area contributed by atoms with Crippen LogP contribution in [0.15, 0.2) is 65.1 Å². The Bertz CT molecular complexity index is 1460. The Kier molecular flexibility index (Phi) is 6.95. The van der Waals surface area contributed by atoms with Crippen molar-refractivity contribution in [3.63, 3.8) is 0 Å². The molecule has 178 valence electrons. The summed E-state index contributed by atoms with van der Waals surface area (Å²) in [6, 6.07) is 17.5. The smallest absolute Gasteiger partial charge is 0.321 e. The summed E-state index contributed by atoms with van der Waals surface area (Å²) in [6.07, 6.45) is 0. The highest BCUT2D eigenvalue weighted by Gasteiger charge is 2.22. The molecule has 0 unspecified atom stereocenters. The van der Waals surface area contributed by atoms with Crippen LogP contribution in [0.5, 0.6) is 0 Å². The molecule has 0 saturated heterocycles. The summed E-state index contributed by atoms with van der Waals surface area (Å²) in [6.45, 7) is 5.69. The molecule has 0 radical (unpaired) electrons. The van der Waals surface area contributed by atoms with E-state index in [0.717, 1.165) is 21.2 Å². The standard InChI is InChI=1S/C26H22BrClN4O3/c1-14-10-15(2)23(16(3)11-14)30-25(34)26(35)31-32-21-9-4-18(27)12-17(21)13-22(32)24(33)29-20-7-5-19(28)6-8-20/h4-13H,1-3H3,(H,29,33)(H,30,34)(H,31,35). The topological polar surface area (TPSA) is 92.2 Å². The van der Waals surface area contributed by atoms with Gasteiger partial charge in [0.05, 0.1) is 5.52 Å². The summed E-state index contributed by atoms with van der Waals surface area (Å²) in [7, 11) is 0. The van der Waals surface area contributed by atoms with Gasteiger partial charge in [0.1, 0.15) is 5.69 Å². The summed E-state index contributed by atoms with van der Waals surface area (Å²) in [4.78, 5) is 38.8. The summed E-state index contributed by atoms with van der Waals surface area (Å²) in [5.74, 6) is -2.22. The van der Waals surface area contributed by atoms with Crippen molar-refractivity contribution < 1.29 is 14.4 Å². The number of benzene rings is 3. The molecule has 0 aliphatic rings. The number of halogens is 2. The van der Waals surface area contributed by atoms with Crippen LogP contribution in [-0.4, -0.2) is 22.4 Å². The number of fused-ring (bicyclic) bond motifs is 1. The third-order valence-corrected chi connectivity index (χ3v) is 6.18. The summed E-state index contributed by atoms with van der Waals surface area (Å²) >= 11 is 9.34. The maximum Gasteiger partial charge on any atom is 0.328 e. The molecule has 7 nitrogen and oxygen atoms in total. The molecule has 4 aromatic rings. The van der Waals surface area contributed by atoms with Crippen LogP contribution >= 0.6 is 27.5 Å². The number of hydrogen-bond donors (Lipinski definition) is 3.